The first kappa shape index (κ1) is 15.7. The standard InChI is InChI=1S/C13H14F2N4O3/c1-7-16-17-8(2)19(7)18-12(20)9-4-5-10(22-13(14)15)11(6-9)21-3/h4-6,13H,1-3H3,(H,18,20). The smallest absolute Gasteiger partial charge is 0.387 e. The van der Waals surface area contributed by atoms with Crippen LogP contribution in [0, 0.1) is 13.8 Å². The van der Waals surface area contributed by atoms with Crippen molar-refractivity contribution in [3.05, 3.63) is 35.4 Å². The molecule has 118 valence electrons. The Kier molecular flexibility index (Phi) is 4.54. The summed E-state index contributed by atoms with van der Waals surface area (Å²) in [5.41, 5.74) is 2.81. The maximum absolute atomic E-state index is 12.3. The molecule has 0 bridgehead atoms. The zero-order valence-corrected chi connectivity index (χ0v) is 12.1. The molecule has 1 heterocycles. The van der Waals surface area contributed by atoms with Crippen LogP contribution < -0.4 is 14.9 Å². The number of alkyl halides is 2. The third-order valence-electron chi connectivity index (χ3n) is 2.84. The summed E-state index contributed by atoms with van der Waals surface area (Å²) in [6.07, 6.45) is 0. The number of nitrogens with one attached hydrogen (secondary N) is 1. The van der Waals surface area contributed by atoms with Crippen LogP contribution in [0.25, 0.3) is 0 Å². The molecule has 0 aliphatic carbocycles. The van der Waals surface area contributed by atoms with E-state index < -0.39 is 12.5 Å². The molecule has 0 unspecified atom stereocenters. The second-order valence-electron chi connectivity index (χ2n) is 4.31. The highest BCUT2D eigenvalue weighted by molar-refractivity contribution is 6.00. The van der Waals surface area contributed by atoms with Crippen molar-refractivity contribution in [1.82, 2.24) is 14.9 Å². The van der Waals surface area contributed by atoms with E-state index in [1.807, 2.05) is 0 Å². The number of ether oxygens (including phenoxy) is 2. The number of carbonyl (C=O) groups is 1. The summed E-state index contributed by atoms with van der Waals surface area (Å²) in [6, 6.07) is 3.90. The minimum atomic E-state index is -2.98. The summed E-state index contributed by atoms with van der Waals surface area (Å²) >= 11 is 0. The Morgan fingerprint density at radius 2 is 1.86 bits per heavy atom. The fourth-order valence-corrected chi connectivity index (χ4v) is 1.80. The van der Waals surface area contributed by atoms with E-state index in [-0.39, 0.29) is 17.1 Å². The highest BCUT2D eigenvalue weighted by Gasteiger charge is 2.15. The molecule has 0 aliphatic heterocycles. The SMILES string of the molecule is COc1cc(C(=O)Nn2c(C)nnc2C)ccc1OC(F)F. The molecule has 2 aromatic rings. The topological polar surface area (TPSA) is 78.3 Å². The zero-order valence-electron chi connectivity index (χ0n) is 12.1. The third kappa shape index (κ3) is 3.30. The number of amides is 1. The molecule has 0 atom stereocenters. The number of hydrogen-bond donors (Lipinski definition) is 1. The molecule has 7 nitrogen and oxygen atoms in total. The van der Waals surface area contributed by atoms with Crippen molar-refractivity contribution in [3.63, 3.8) is 0 Å². The first-order valence-electron chi connectivity index (χ1n) is 6.25. The van der Waals surface area contributed by atoms with Crippen LogP contribution in [0.3, 0.4) is 0 Å². The lowest BCUT2D eigenvalue weighted by atomic mass is 10.2. The Morgan fingerprint density at radius 1 is 1.23 bits per heavy atom. The minimum Gasteiger partial charge on any atom is -0.493 e. The molecule has 2 rings (SSSR count). The Balaban J connectivity index is 2.23. The number of nitrogens with zero attached hydrogens (tertiary/aromatic N) is 3. The summed E-state index contributed by atoms with van der Waals surface area (Å²) in [7, 11) is 1.30. The van der Waals surface area contributed by atoms with Crippen molar-refractivity contribution < 1.29 is 23.0 Å². The number of carbonyl (C=O) groups excluding carboxylic acids is 1. The second-order valence-corrected chi connectivity index (χ2v) is 4.31. The number of benzene rings is 1. The van der Waals surface area contributed by atoms with Gasteiger partial charge in [0.05, 0.1) is 7.11 Å². The molecule has 1 N–H and O–H groups in total. The van der Waals surface area contributed by atoms with Gasteiger partial charge in [0.2, 0.25) is 0 Å². The molecule has 22 heavy (non-hydrogen) atoms. The summed E-state index contributed by atoms with van der Waals surface area (Å²) < 4.78 is 35.2. The van der Waals surface area contributed by atoms with Gasteiger partial charge in [0.1, 0.15) is 11.6 Å². The average Bonchev–Trinajstić information content (AvgIpc) is 2.78. The molecule has 0 fully saturated rings. The van der Waals surface area contributed by atoms with E-state index in [2.05, 4.69) is 20.4 Å². The molecule has 1 aromatic heterocycles. The van der Waals surface area contributed by atoms with Crippen LogP contribution in [0.15, 0.2) is 18.2 Å². The monoisotopic (exact) mass is 312 g/mol. The van der Waals surface area contributed by atoms with Crippen LogP contribution in [-0.2, 0) is 0 Å². The van der Waals surface area contributed by atoms with Crippen molar-refractivity contribution in [1.29, 1.82) is 0 Å². The molecular formula is C13H14F2N4O3. The normalized spacial score (nSPS) is 10.6. The lowest BCUT2D eigenvalue weighted by Crippen LogP contribution is -2.25. The fraction of sp³-hybridized carbons (Fsp3) is 0.308. The maximum Gasteiger partial charge on any atom is 0.387 e. The number of aryl methyl sites for hydroxylation is 2. The van der Waals surface area contributed by atoms with E-state index in [9.17, 15) is 13.6 Å². The van der Waals surface area contributed by atoms with Crippen molar-refractivity contribution in [2.24, 2.45) is 0 Å². The van der Waals surface area contributed by atoms with Crippen LogP contribution in [0.2, 0.25) is 0 Å². The second kappa shape index (κ2) is 6.37. The summed E-state index contributed by atoms with van der Waals surface area (Å²) in [5, 5.41) is 7.63. The summed E-state index contributed by atoms with van der Waals surface area (Å²) in [5.74, 6) is 0.440. The first-order chi connectivity index (χ1) is 10.4. The van der Waals surface area contributed by atoms with E-state index in [0.717, 1.165) is 0 Å². The predicted octanol–water partition coefficient (Wildman–Crippen LogP) is 1.89. The molecular weight excluding hydrogens is 298 g/mol. The summed E-state index contributed by atoms with van der Waals surface area (Å²) in [4.78, 5) is 12.2. The number of hydrogen-bond acceptors (Lipinski definition) is 5. The van der Waals surface area contributed by atoms with Crippen LogP contribution in [0.1, 0.15) is 22.0 Å². The summed E-state index contributed by atoms with van der Waals surface area (Å²) in [6.45, 7) is 0.386. The van der Waals surface area contributed by atoms with Crippen molar-refractivity contribution in [3.8, 4) is 11.5 Å². The van der Waals surface area contributed by atoms with E-state index in [1.54, 1.807) is 13.8 Å². The van der Waals surface area contributed by atoms with Gasteiger partial charge in [-0.15, -0.1) is 10.2 Å². The van der Waals surface area contributed by atoms with Crippen LogP contribution in [0.4, 0.5) is 8.78 Å². The van der Waals surface area contributed by atoms with Gasteiger partial charge in [0.15, 0.2) is 11.5 Å². The van der Waals surface area contributed by atoms with Gasteiger partial charge in [-0.2, -0.15) is 8.78 Å². The van der Waals surface area contributed by atoms with Crippen molar-refractivity contribution in [2.45, 2.75) is 20.5 Å². The van der Waals surface area contributed by atoms with Crippen LogP contribution in [0.5, 0.6) is 11.5 Å². The minimum absolute atomic E-state index is 0.0325. The molecule has 0 aliphatic rings. The van der Waals surface area contributed by atoms with Gasteiger partial charge in [-0.25, -0.2) is 4.68 Å². The van der Waals surface area contributed by atoms with Gasteiger partial charge in [-0.1, -0.05) is 0 Å². The number of rotatable bonds is 5. The number of aromatic nitrogens is 3. The van der Waals surface area contributed by atoms with E-state index in [1.165, 1.54) is 30.0 Å². The zero-order chi connectivity index (χ0) is 16.3. The number of methoxy groups -OCH3 is 1. The Bertz CT molecular complexity index is 668. The molecule has 0 radical (unpaired) electrons. The quantitative estimate of drug-likeness (QED) is 0.912. The molecule has 0 spiro atoms. The van der Waals surface area contributed by atoms with Crippen molar-refractivity contribution >= 4 is 5.91 Å². The largest absolute Gasteiger partial charge is 0.493 e. The molecule has 1 aromatic carbocycles. The van der Waals surface area contributed by atoms with Gasteiger partial charge in [-0.3, -0.25) is 10.2 Å². The van der Waals surface area contributed by atoms with Gasteiger partial charge in [-0.05, 0) is 32.0 Å². The Morgan fingerprint density at radius 3 is 2.41 bits per heavy atom. The highest BCUT2D eigenvalue weighted by Crippen LogP contribution is 2.29. The lowest BCUT2D eigenvalue weighted by molar-refractivity contribution is -0.0512. The number of halogens is 2. The lowest BCUT2D eigenvalue weighted by Gasteiger charge is -2.12. The molecule has 1 amide bonds. The Labute approximate surface area is 124 Å². The van der Waals surface area contributed by atoms with E-state index in [0.29, 0.717) is 11.6 Å². The van der Waals surface area contributed by atoms with Gasteiger partial charge in [0.25, 0.3) is 5.91 Å². The molecule has 0 saturated carbocycles. The third-order valence-corrected chi connectivity index (χ3v) is 2.84. The van der Waals surface area contributed by atoms with E-state index in [4.69, 9.17) is 4.74 Å². The fourth-order valence-electron chi connectivity index (χ4n) is 1.80. The highest BCUT2D eigenvalue weighted by atomic mass is 19.3. The van der Waals surface area contributed by atoms with Crippen LogP contribution >= 0.6 is 0 Å². The van der Waals surface area contributed by atoms with Crippen molar-refractivity contribution in [2.75, 3.05) is 12.5 Å². The first-order valence-corrected chi connectivity index (χ1v) is 6.25. The van der Waals surface area contributed by atoms with Gasteiger partial charge in [0, 0.05) is 5.56 Å². The average molecular weight is 312 g/mol. The predicted molar refractivity (Wildman–Crippen MR) is 72.8 cm³/mol. The van der Waals surface area contributed by atoms with Crippen LogP contribution in [-0.4, -0.2) is 34.5 Å². The van der Waals surface area contributed by atoms with E-state index >= 15 is 0 Å². The molecule has 0 saturated heterocycles. The maximum atomic E-state index is 12.3. The van der Waals surface area contributed by atoms with Gasteiger partial charge < -0.3 is 9.47 Å². The molecule has 9 heteroatoms. The van der Waals surface area contributed by atoms with Gasteiger partial charge >= 0.3 is 6.61 Å². The Hall–Kier alpha value is -2.71.